The number of piperidine rings is 1. The number of aromatic hydroxyl groups is 1. The van der Waals surface area contributed by atoms with E-state index in [1.807, 2.05) is 49.2 Å². The van der Waals surface area contributed by atoms with E-state index in [-0.39, 0.29) is 23.1 Å². The molecule has 4 rings (SSSR count). The van der Waals surface area contributed by atoms with Gasteiger partial charge in [0.1, 0.15) is 11.5 Å². The number of aryl methyl sites for hydroxylation is 1. The Hall–Kier alpha value is -2.83. The average Bonchev–Trinajstić information content (AvgIpc) is 3.26. The second-order valence-corrected chi connectivity index (χ2v) is 9.72. The summed E-state index contributed by atoms with van der Waals surface area (Å²) in [6.07, 6.45) is 10.4. The first-order valence-electron chi connectivity index (χ1n) is 12.0. The molecule has 2 heterocycles. The lowest BCUT2D eigenvalue weighted by Crippen LogP contribution is -2.67. The number of amides is 1. The van der Waals surface area contributed by atoms with Gasteiger partial charge in [-0.15, -0.1) is 6.58 Å². The van der Waals surface area contributed by atoms with E-state index in [4.69, 9.17) is 9.15 Å². The fourth-order valence-corrected chi connectivity index (χ4v) is 6.06. The molecule has 0 spiro atoms. The highest BCUT2D eigenvalue weighted by Crippen LogP contribution is 2.54. The van der Waals surface area contributed by atoms with Crippen LogP contribution in [0.15, 0.2) is 59.7 Å². The van der Waals surface area contributed by atoms with Crippen LogP contribution in [-0.2, 0) is 14.9 Å². The fourth-order valence-electron chi connectivity index (χ4n) is 6.06. The maximum atomic E-state index is 13.1. The maximum absolute atomic E-state index is 13.1. The number of nitrogens with zero attached hydrogens (tertiary/aromatic N) is 2. The van der Waals surface area contributed by atoms with Gasteiger partial charge in [0.15, 0.2) is 0 Å². The Morgan fingerprint density at radius 2 is 2.21 bits per heavy atom. The van der Waals surface area contributed by atoms with E-state index in [0.717, 1.165) is 62.2 Å². The molecule has 1 saturated heterocycles. The van der Waals surface area contributed by atoms with Crippen LogP contribution in [0.5, 0.6) is 5.75 Å². The van der Waals surface area contributed by atoms with Crippen molar-refractivity contribution in [2.45, 2.75) is 49.7 Å². The minimum absolute atomic E-state index is 0.0225. The summed E-state index contributed by atoms with van der Waals surface area (Å²) in [5.41, 5.74) is 1.30. The molecule has 2 aliphatic rings. The summed E-state index contributed by atoms with van der Waals surface area (Å²) in [6, 6.07) is 9.52. The van der Waals surface area contributed by atoms with Crippen LogP contribution >= 0.6 is 0 Å². The zero-order valence-electron chi connectivity index (χ0n) is 20.5. The SMILES string of the molecule is C=CCN1CC[C@@]2(c3cccc(O)c3)C[C@H](N(C)C(=O)/C=C/c3ccoc3C)CC[C@]2(OC)C1. The Morgan fingerprint density at radius 1 is 1.38 bits per heavy atom. The van der Waals surface area contributed by atoms with Crippen LogP contribution in [-0.4, -0.2) is 66.2 Å². The molecule has 2 fully saturated rings. The number of carbonyl (C=O) groups excluding carboxylic acids is 1. The second-order valence-electron chi connectivity index (χ2n) is 9.72. The molecule has 1 aromatic heterocycles. The number of rotatable bonds is 7. The van der Waals surface area contributed by atoms with Crippen molar-refractivity contribution in [3.8, 4) is 5.75 Å². The molecule has 2 aromatic rings. The average molecular weight is 465 g/mol. The predicted octanol–water partition coefficient (Wildman–Crippen LogP) is 4.53. The first kappa shape index (κ1) is 24.3. The van der Waals surface area contributed by atoms with Crippen molar-refractivity contribution in [2.75, 3.05) is 33.8 Å². The lowest BCUT2D eigenvalue weighted by atomic mass is 9.55. The van der Waals surface area contributed by atoms with Crippen molar-refractivity contribution in [1.82, 2.24) is 9.80 Å². The van der Waals surface area contributed by atoms with Crippen molar-refractivity contribution >= 4 is 12.0 Å². The Bertz CT molecular complexity index is 1060. The monoisotopic (exact) mass is 464 g/mol. The third kappa shape index (κ3) is 4.32. The van der Waals surface area contributed by atoms with E-state index in [9.17, 15) is 9.90 Å². The summed E-state index contributed by atoms with van der Waals surface area (Å²) in [4.78, 5) is 17.4. The topological polar surface area (TPSA) is 66.2 Å². The van der Waals surface area contributed by atoms with Gasteiger partial charge < -0.3 is 19.2 Å². The number of carbonyl (C=O) groups is 1. The number of hydrogen-bond donors (Lipinski definition) is 1. The molecule has 0 unspecified atom stereocenters. The standard InChI is InChI=1S/C28H36N2O4/c1-5-15-30-16-14-27(23-7-6-8-25(31)18-23)19-24(11-13-28(27,20-30)33-4)29(3)26(32)10-9-22-12-17-34-21(22)2/h5-10,12,17-18,24,31H,1,11,13-16,19-20H2,2-4H3/b10-9+/t24-,27+,28+/m1/s1. The quantitative estimate of drug-likeness (QED) is 0.482. The molecule has 0 radical (unpaired) electrons. The molecule has 6 heteroatoms. The number of likely N-dealkylation sites (N-methyl/N-ethyl adjacent to an activating group) is 1. The van der Waals surface area contributed by atoms with Gasteiger partial charge in [0.25, 0.3) is 0 Å². The first-order chi connectivity index (χ1) is 16.3. The minimum atomic E-state index is -0.397. The first-order valence-corrected chi connectivity index (χ1v) is 12.0. The normalized spacial score (nSPS) is 27.4. The lowest BCUT2D eigenvalue weighted by Gasteiger charge is -2.60. The highest BCUT2D eigenvalue weighted by atomic mass is 16.5. The van der Waals surface area contributed by atoms with Crippen molar-refractivity contribution in [1.29, 1.82) is 0 Å². The molecule has 1 aliphatic carbocycles. The summed E-state index contributed by atoms with van der Waals surface area (Å²) in [5, 5.41) is 10.3. The number of fused-ring (bicyclic) bond motifs is 1. The van der Waals surface area contributed by atoms with Gasteiger partial charge >= 0.3 is 0 Å². The van der Waals surface area contributed by atoms with Crippen molar-refractivity contribution in [3.63, 3.8) is 0 Å². The number of ether oxygens (including phenoxy) is 1. The number of phenolic OH excluding ortho intramolecular Hbond substituents is 1. The van der Waals surface area contributed by atoms with Crippen LogP contribution in [0.3, 0.4) is 0 Å². The minimum Gasteiger partial charge on any atom is -0.508 e. The van der Waals surface area contributed by atoms with Gasteiger partial charge in [0.2, 0.25) is 5.91 Å². The molecule has 3 atom stereocenters. The number of hydrogen-bond acceptors (Lipinski definition) is 5. The molecule has 6 nitrogen and oxygen atoms in total. The van der Waals surface area contributed by atoms with E-state index >= 15 is 0 Å². The summed E-state index contributed by atoms with van der Waals surface area (Å²) < 4.78 is 11.7. The lowest BCUT2D eigenvalue weighted by molar-refractivity contribution is -0.157. The second kappa shape index (κ2) is 9.80. The van der Waals surface area contributed by atoms with Crippen LogP contribution in [0.25, 0.3) is 6.08 Å². The van der Waals surface area contributed by atoms with Gasteiger partial charge in [0.05, 0.1) is 11.9 Å². The number of phenols is 1. The Morgan fingerprint density at radius 3 is 2.88 bits per heavy atom. The van der Waals surface area contributed by atoms with Crippen molar-refractivity contribution in [2.24, 2.45) is 0 Å². The van der Waals surface area contributed by atoms with E-state index in [0.29, 0.717) is 0 Å². The van der Waals surface area contributed by atoms with Crippen LogP contribution < -0.4 is 0 Å². The molecule has 1 N–H and O–H groups in total. The molecular formula is C28H36N2O4. The zero-order valence-corrected chi connectivity index (χ0v) is 20.5. The predicted molar refractivity (Wildman–Crippen MR) is 134 cm³/mol. The molecule has 182 valence electrons. The highest BCUT2D eigenvalue weighted by molar-refractivity contribution is 5.92. The summed E-state index contributed by atoms with van der Waals surface area (Å²) >= 11 is 0. The largest absolute Gasteiger partial charge is 0.508 e. The zero-order chi connectivity index (χ0) is 24.3. The molecule has 0 bridgehead atoms. The molecule has 1 aliphatic heterocycles. The van der Waals surface area contributed by atoms with E-state index in [1.54, 1.807) is 25.5 Å². The third-order valence-corrected chi connectivity index (χ3v) is 8.05. The highest BCUT2D eigenvalue weighted by Gasteiger charge is 2.59. The van der Waals surface area contributed by atoms with Crippen LogP contribution in [0.2, 0.25) is 0 Å². The maximum Gasteiger partial charge on any atom is 0.246 e. The van der Waals surface area contributed by atoms with Crippen LogP contribution in [0.4, 0.5) is 0 Å². The summed E-state index contributed by atoms with van der Waals surface area (Å²) in [6.45, 7) is 8.34. The number of furan rings is 1. The molecular weight excluding hydrogens is 428 g/mol. The Balaban J connectivity index is 1.64. The molecule has 1 aromatic carbocycles. The number of benzene rings is 1. The van der Waals surface area contributed by atoms with E-state index in [1.165, 1.54) is 0 Å². The smallest absolute Gasteiger partial charge is 0.246 e. The van der Waals surface area contributed by atoms with Crippen molar-refractivity contribution in [3.05, 3.63) is 72.2 Å². The molecule has 1 saturated carbocycles. The molecule has 1 amide bonds. The van der Waals surface area contributed by atoms with Gasteiger partial charge in [-0.25, -0.2) is 0 Å². The third-order valence-electron chi connectivity index (χ3n) is 8.05. The molecule has 34 heavy (non-hydrogen) atoms. The van der Waals surface area contributed by atoms with Crippen molar-refractivity contribution < 1.29 is 19.1 Å². The van der Waals surface area contributed by atoms with Gasteiger partial charge in [-0.05, 0) is 69.0 Å². The number of likely N-dealkylation sites (tertiary alicyclic amines) is 1. The Kier molecular flexibility index (Phi) is 7.01. The van der Waals surface area contributed by atoms with Gasteiger partial charge in [-0.1, -0.05) is 18.2 Å². The van der Waals surface area contributed by atoms with Gasteiger partial charge in [-0.2, -0.15) is 0 Å². The summed E-state index contributed by atoms with van der Waals surface area (Å²) in [5.74, 6) is 1.03. The Labute approximate surface area is 202 Å². The van der Waals surface area contributed by atoms with E-state index in [2.05, 4.69) is 17.5 Å². The number of methoxy groups -OCH3 is 1. The van der Waals surface area contributed by atoms with Crippen LogP contribution in [0.1, 0.15) is 42.6 Å². The van der Waals surface area contributed by atoms with Gasteiger partial charge in [-0.3, -0.25) is 9.69 Å². The fraction of sp³-hybridized carbons (Fsp3) is 0.464. The van der Waals surface area contributed by atoms with Gasteiger partial charge in [0, 0.05) is 50.3 Å². The van der Waals surface area contributed by atoms with Crippen LogP contribution in [0, 0.1) is 6.92 Å². The van der Waals surface area contributed by atoms with E-state index < -0.39 is 5.60 Å². The summed E-state index contributed by atoms with van der Waals surface area (Å²) in [7, 11) is 3.70.